The molecule has 0 bridgehead atoms. The second-order valence-corrected chi connectivity index (χ2v) is 8.78. The number of rotatable bonds is 5. The molecule has 2 rings (SSSR count). The third-order valence-electron chi connectivity index (χ3n) is 4.82. The van der Waals surface area contributed by atoms with Crippen molar-refractivity contribution >= 4 is 16.1 Å². The fraction of sp³-hybridized carbons (Fsp3) is 0.938. The van der Waals surface area contributed by atoms with Gasteiger partial charge in [-0.05, 0) is 25.7 Å². The zero-order valence-corrected chi connectivity index (χ0v) is 15.1. The normalized spacial score (nSPS) is 21.9. The predicted octanol–water partition coefficient (Wildman–Crippen LogP) is 2.17. The van der Waals surface area contributed by atoms with E-state index in [9.17, 15) is 13.2 Å². The first-order valence-electron chi connectivity index (χ1n) is 9.06. The van der Waals surface area contributed by atoms with Gasteiger partial charge in [-0.3, -0.25) is 0 Å². The summed E-state index contributed by atoms with van der Waals surface area (Å²) in [5.41, 5.74) is 0. The molecule has 0 atom stereocenters. The molecule has 1 N–H and O–H groups in total. The quantitative estimate of drug-likeness (QED) is 0.830. The van der Waals surface area contributed by atoms with Crippen LogP contribution in [0.5, 0.6) is 0 Å². The number of hydrogen-bond acceptors (Lipinski definition) is 3. The molecule has 1 saturated carbocycles. The molecule has 1 heterocycles. The van der Waals surface area contributed by atoms with E-state index in [1.165, 1.54) is 19.3 Å². The summed E-state index contributed by atoms with van der Waals surface area (Å²) in [6, 6.07) is 0.272. The van der Waals surface area contributed by atoms with E-state index in [1.54, 1.807) is 9.21 Å². The number of sulfonamides is 1. The van der Waals surface area contributed by atoms with Gasteiger partial charge in [0.15, 0.2) is 0 Å². The summed E-state index contributed by atoms with van der Waals surface area (Å²) in [7, 11) is -3.17. The van der Waals surface area contributed by atoms with Gasteiger partial charge in [-0.2, -0.15) is 0 Å². The molecule has 1 aliphatic heterocycles. The topological polar surface area (TPSA) is 69.7 Å². The SMILES string of the molecule is CCCCS(=O)(=O)N1CCCN(C(=O)NC2CCCCC2)CC1. The Morgan fingerprint density at radius 1 is 1.04 bits per heavy atom. The molecule has 1 aliphatic carbocycles. The molecule has 2 aliphatic rings. The molecular weight excluding hydrogens is 314 g/mol. The molecule has 1 saturated heterocycles. The molecule has 134 valence electrons. The van der Waals surface area contributed by atoms with E-state index >= 15 is 0 Å². The highest BCUT2D eigenvalue weighted by Gasteiger charge is 2.27. The summed E-state index contributed by atoms with van der Waals surface area (Å²) in [6.45, 7) is 4.07. The van der Waals surface area contributed by atoms with Crippen LogP contribution in [0.1, 0.15) is 58.3 Å². The Hall–Kier alpha value is -0.820. The Morgan fingerprint density at radius 3 is 2.48 bits per heavy atom. The second kappa shape index (κ2) is 8.87. The van der Waals surface area contributed by atoms with Gasteiger partial charge < -0.3 is 10.2 Å². The van der Waals surface area contributed by atoms with Crippen LogP contribution in [0.4, 0.5) is 4.79 Å². The average Bonchev–Trinajstić information content (AvgIpc) is 2.80. The summed E-state index contributed by atoms with van der Waals surface area (Å²) in [5.74, 6) is 0.220. The summed E-state index contributed by atoms with van der Waals surface area (Å²) in [4.78, 5) is 14.2. The highest BCUT2D eigenvalue weighted by Crippen LogP contribution is 2.18. The highest BCUT2D eigenvalue weighted by molar-refractivity contribution is 7.89. The predicted molar refractivity (Wildman–Crippen MR) is 91.9 cm³/mol. The number of amides is 2. The van der Waals surface area contributed by atoms with Crippen molar-refractivity contribution in [2.75, 3.05) is 31.9 Å². The molecule has 6 nitrogen and oxygen atoms in total. The molecule has 2 amide bonds. The first kappa shape index (κ1) is 18.5. The Labute approximate surface area is 140 Å². The lowest BCUT2D eigenvalue weighted by molar-refractivity contribution is 0.192. The van der Waals surface area contributed by atoms with E-state index < -0.39 is 10.0 Å². The molecule has 0 radical (unpaired) electrons. The average molecular weight is 346 g/mol. The van der Waals surface area contributed by atoms with Crippen molar-refractivity contribution in [3.8, 4) is 0 Å². The number of unbranched alkanes of at least 4 members (excludes halogenated alkanes) is 1. The van der Waals surface area contributed by atoms with Crippen molar-refractivity contribution in [2.24, 2.45) is 0 Å². The zero-order valence-electron chi connectivity index (χ0n) is 14.3. The smallest absolute Gasteiger partial charge is 0.317 e. The van der Waals surface area contributed by atoms with Gasteiger partial charge in [-0.15, -0.1) is 0 Å². The van der Waals surface area contributed by atoms with Crippen molar-refractivity contribution in [3.05, 3.63) is 0 Å². The van der Waals surface area contributed by atoms with Crippen molar-refractivity contribution in [3.63, 3.8) is 0 Å². The van der Waals surface area contributed by atoms with Crippen molar-refractivity contribution in [1.29, 1.82) is 0 Å². The van der Waals surface area contributed by atoms with Crippen LogP contribution >= 0.6 is 0 Å². The third kappa shape index (κ3) is 5.64. The fourth-order valence-electron chi connectivity index (χ4n) is 3.34. The zero-order chi connectivity index (χ0) is 16.7. The van der Waals surface area contributed by atoms with Crippen LogP contribution < -0.4 is 5.32 Å². The number of nitrogens with zero attached hydrogens (tertiary/aromatic N) is 2. The molecule has 0 spiro atoms. The van der Waals surface area contributed by atoms with Crippen LogP contribution in [0.25, 0.3) is 0 Å². The second-order valence-electron chi connectivity index (χ2n) is 6.69. The van der Waals surface area contributed by atoms with Crippen molar-refractivity contribution in [2.45, 2.75) is 64.3 Å². The van der Waals surface area contributed by atoms with Gasteiger partial charge in [0.05, 0.1) is 5.75 Å². The lowest BCUT2D eigenvalue weighted by Gasteiger charge is -2.27. The van der Waals surface area contributed by atoms with Crippen LogP contribution in [0.2, 0.25) is 0 Å². The highest BCUT2D eigenvalue weighted by atomic mass is 32.2. The van der Waals surface area contributed by atoms with Crippen LogP contribution in [0.3, 0.4) is 0 Å². The van der Waals surface area contributed by atoms with E-state index in [1.807, 2.05) is 6.92 Å². The van der Waals surface area contributed by atoms with E-state index in [0.717, 1.165) is 19.3 Å². The minimum atomic E-state index is -3.17. The maximum absolute atomic E-state index is 12.4. The lowest BCUT2D eigenvalue weighted by Crippen LogP contribution is -2.47. The number of nitrogens with one attached hydrogen (secondary N) is 1. The Kier molecular flexibility index (Phi) is 7.14. The van der Waals surface area contributed by atoms with Crippen LogP contribution in [-0.2, 0) is 10.0 Å². The minimum absolute atomic E-state index is 0.0234. The monoisotopic (exact) mass is 345 g/mol. The summed E-state index contributed by atoms with van der Waals surface area (Å²) in [6.07, 6.45) is 8.06. The maximum atomic E-state index is 12.4. The lowest BCUT2D eigenvalue weighted by atomic mass is 9.96. The molecule has 2 fully saturated rings. The Bertz CT molecular complexity index is 475. The number of carbonyl (C=O) groups excluding carboxylic acids is 1. The van der Waals surface area contributed by atoms with Gasteiger partial charge in [-0.25, -0.2) is 17.5 Å². The van der Waals surface area contributed by atoms with Gasteiger partial charge in [0, 0.05) is 32.2 Å². The van der Waals surface area contributed by atoms with Gasteiger partial charge in [-0.1, -0.05) is 32.6 Å². The molecule has 0 aromatic heterocycles. The van der Waals surface area contributed by atoms with Gasteiger partial charge in [0.1, 0.15) is 0 Å². The molecule has 0 aromatic carbocycles. The Morgan fingerprint density at radius 2 is 1.78 bits per heavy atom. The van der Waals surface area contributed by atoms with Crippen molar-refractivity contribution in [1.82, 2.24) is 14.5 Å². The van der Waals surface area contributed by atoms with E-state index in [4.69, 9.17) is 0 Å². The fourth-order valence-corrected chi connectivity index (χ4v) is 5.02. The molecular formula is C16H31N3O3S. The van der Waals surface area contributed by atoms with E-state index in [0.29, 0.717) is 45.1 Å². The van der Waals surface area contributed by atoms with E-state index in [2.05, 4.69) is 5.32 Å². The summed E-state index contributed by atoms with van der Waals surface area (Å²) in [5, 5.41) is 3.12. The molecule has 7 heteroatoms. The van der Waals surface area contributed by atoms with Crippen molar-refractivity contribution < 1.29 is 13.2 Å². The third-order valence-corrected chi connectivity index (χ3v) is 6.78. The number of carbonyl (C=O) groups is 1. The first-order chi connectivity index (χ1) is 11.0. The van der Waals surface area contributed by atoms with Crippen LogP contribution in [0, 0.1) is 0 Å². The van der Waals surface area contributed by atoms with Crippen LogP contribution in [0.15, 0.2) is 0 Å². The Balaban J connectivity index is 1.84. The van der Waals surface area contributed by atoms with E-state index in [-0.39, 0.29) is 11.8 Å². The van der Waals surface area contributed by atoms with Gasteiger partial charge in [0.25, 0.3) is 0 Å². The summed E-state index contributed by atoms with van der Waals surface area (Å²) >= 11 is 0. The number of urea groups is 1. The first-order valence-corrected chi connectivity index (χ1v) is 10.7. The maximum Gasteiger partial charge on any atom is 0.317 e. The molecule has 0 aromatic rings. The van der Waals surface area contributed by atoms with Gasteiger partial charge >= 0.3 is 6.03 Å². The molecule has 0 unspecified atom stereocenters. The largest absolute Gasteiger partial charge is 0.335 e. The summed E-state index contributed by atoms with van der Waals surface area (Å²) < 4.78 is 26.2. The standard InChI is InChI=1S/C16H31N3O3S/c1-2-3-14-23(21,22)19-11-7-10-18(12-13-19)16(20)17-15-8-5-4-6-9-15/h15H,2-14H2,1H3,(H,17,20). The number of hydrogen-bond donors (Lipinski definition) is 1. The van der Waals surface area contributed by atoms with Crippen LogP contribution in [-0.4, -0.2) is 61.6 Å². The van der Waals surface area contributed by atoms with Gasteiger partial charge in [0.2, 0.25) is 10.0 Å². The minimum Gasteiger partial charge on any atom is -0.335 e. The molecule has 23 heavy (non-hydrogen) atoms.